The predicted octanol–water partition coefficient (Wildman–Crippen LogP) is 5.19. The summed E-state index contributed by atoms with van der Waals surface area (Å²) in [6, 6.07) is 1.67. The summed E-state index contributed by atoms with van der Waals surface area (Å²) in [5.41, 5.74) is -7.98. The molecule has 0 spiro atoms. The van der Waals surface area contributed by atoms with Crippen molar-refractivity contribution >= 4 is 60.3 Å². The van der Waals surface area contributed by atoms with Crippen LogP contribution in [0.4, 0.5) is 55.3 Å². The number of anilines is 1. The Labute approximate surface area is 230 Å². The van der Waals surface area contributed by atoms with Crippen LogP contribution in [0.3, 0.4) is 0 Å². The Bertz CT molecular complexity index is 1550. The van der Waals surface area contributed by atoms with E-state index in [-0.39, 0.29) is 24.3 Å². The van der Waals surface area contributed by atoms with Crippen LogP contribution >= 0.6 is 11.6 Å². The van der Waals surface area contributed by atoms with Gasteiger partial charge in [-0.2, -0.15) is 43.9 Å². The van der Waals surface area contributed by atoms with Gasteiger partial charge >= 0.3 is 22.9 Å². The molecule has 0 heterocycles. The number of alkyl halides is 10. The summed E-state index contributed by atoms with van der Waals surface area (Å²) < 4.78 is 177. The lowest BCUT2D eigenvalue weighted by Crippen LogP contribution is -2.54. The molecular formula is C18H9ClF10N2O7S3. The number of nitrogens with zero attached hydrogens (tertiary/aromatic N) is 1. The van der Waals surface area contributed by atoms with E-state index in [2.05, 4.69) is 0 Å². The smallest absolute Gasteiger partial charge is 0.324 e. The molecular weight excluding hydrogens is 678 g/mol. The van der Waals surface area contributed by atoms with Crippen molar-refractivity contribution in [3.63, 3.8) is 0 Å². The molecule has 0 aliphatic carbocycles. The number of amides is 1. The minimum absolute atomic E-state index is 0.135. The SMILES string of the molecule is O=C(CS(=O)c1ccc(S(=O)C(F)(F)C(F)(F)C(F)(F)F)cc1[N+](=O)[O-])Nc1cc(S(=O)(=O)C(F)(F)F)ccc1Cl. The fraction of sp³-hybridized carbons (Fsp3) is 0.278. The van der Waals surface area contributed by atoms with Gasteiger partial charge in [0.1, 0.15) is 21.4 Å². The molecule has 2 aromatic carbocycles. The Morgan fingerprint density at radius 3 is 2.00 bits per heavy atom. The molecule has 1 N–H and O–H groups in total. The molecule has 0 radical (unpaired) electrons. The van der Waals surface area contributed by atoms with Gasteiger partial charge in [0.15, 0.2) is 0 Å². The van der Waals surface area contributed by atoms with Crippen LogP contribution in [-0.2, 0) is 36.2 Å². The quantitative estimate of drug-likeness (QED) is 0.218. The van der Waals surface area contributed by atoms with Crippen LogP contribution < -0.4 is 5.32 Å². The van der Waals surface area contributed by atoms with E-state index in [9.17, 15) is 75.6 Å². The number of sulfone groups is 1. The van der Waals surface area contributed by atoms with Crippen LogP contribution in [0.15, 0.2) is 51.1 Å². The zero-order valence-corrected chi connectivity index (χ0v) is 22.1. The highest BCUT2D eigenvalue weighted by atomic mass is 35.5. The zero-order valence-electron chi connectivity index (χ0n) is 18.9. The monoisotopic (exact) mass is 686 g/mol. The Balaban J connectivity index is 2.37. The summed E-state index contributed by atoms with van der Waals surface area (Å²) in [6.07, 6.45) is -6.87. The van der Waals surface area contributed by atoms with Gasteiger partial charge in [-0.3, -0.25) is 19.1 Å². The number of rotatable bonds is 9. The lowest BCUT2D eigenvalue weighted by Gasteiger charge is -2.27. The van der Waals surface area contributed by atoms with Crippen molar-refractivity contribution in [2.24, 2.45) is 0 Å². The topological polar surface area (TPSA) is 141 Å². The van der Waals surface area contributed by atoms with E-state index in [4.69, 9.17) is 11.6 Å². The highest BCUT2D eigenvalue weighted by Crippen LogP contribution is 2.49. The fourth-order valence-electron chi connectivity index (χ4n) is 2.66. The van der Waals surface area contributed by atoms with Gasteiger partial charge in [-0.1, -0.05) is 11.6 Å². The maximum Gasteiger partial charge on any atom is 0.501 e. The molecule has 23 heteroatoms. The summed E-state index contributed by atoms with van der Waals surface area (Å²) in [4.78, 5) is 18.1. The average Bonchev–Trinajstić information content (AvgIpc) is 2.82. The second-order valence-electron chi connectivity index (χ2n) is 7.37. The van der Waals surface area contributed by atoms with Gasteiger partial charge in [-0.15, -0.1) is 0 Å². The van der Waals surface area contributed by atoms with E-state index in [0.29, 0.717) is 12.1 Å². The number of nitro groups is 1. The second kappa shape index (κ2) is 11.4. The van der Waals surface area contributed by atoms with Crippen molar-refractivity contribution in [1.29, 1.82) is 0 Å². The third-order valence-electron chi connectivity index (χ3n) is 4.63. The second-order valence-corrected chi connectivity index (χ2v) is 12.7. The van der Waals surface area contributed by atoms with Crippen LogP contribution in [-0.4, -0.2) is 56.3 Å². The molecule has 0 bridgehead atoms. The summed E-state index contributed by atoms with van der Waals surface area (Å²) in [5.74, 6) is -9.54. The summed E-state index contributed by atoms with van der Waals surface area (Å²) in [7, 11) is -13.3. The molecule has 2 atom stereocenters. The molecule has 9 nitrogen and oxygen atoms in total. The number of nitro benzene ring substituents is 1. The van der Waals surface area contributed by atoms with Gasteiger partial charge in [0.05, 0.1) is 36.2 Å². The molecule has 0 saturated heterocycles. The first-order valence-electron chi connectivity index (χ1n) is 9.68. The number of hydrogen-bond acceptors (Lipinski definition) is 7. The normalized spacial score (nSPS) is 14.8. The molecule has 2 rings (SSSR count). The fourth-order valence-corrected chi connectivity index (χ4v) is 5.72. The zero-order chi connectivity index (χ0) is 31.9. The van der Waals surface area contributed by atoms with E-state index < -0.39 is 102 Å². The molecule has 0 aliphatic rings. The highest BCUT2D eigenvalue weighted by molar-refractivity contribution is 7.92. The van der Waals surface area contributed by atoms with Crippen LogP contribution in [0, 0.1) is 10.1 Å². The van der Waals surface area contributed by atoms with E-state index in [1.165, 1.54) is 0 Å². The first kappa shape index (κ1) is 34.4. The van der Waals surface area contributed by atoms with E-state index in [1.807, 2.05) is 0 Å². The molecule has 228 valence electrons. The van der Waals surface area contributed by atoms with Gasteiger partial charge in [-0.05, 0) is 30.3 Å². The number of halogens is 11. The molecule has 2 unspecified atom stereocenters. The molecule has 0 saturated carbocycles. The number of benzene rings is 2. The predicted molar refractivity (Wildman–Crippen MR) is 120 cm³/mol. The number of carbonyl (C=O) groups excluding carboxylic acids is 1. The van der Waals surface area contributed by atoms with Crippen LogP contribution in [0.25, 0.3) is 0 Å². The van der Waals surface area contributed by atoms with Crippen molar-refractivity contribution in [2.75, 3.05) is 11.1 Å². The van der Waals surface area contributed by atoms with Gasteiger partial charge in [0, 0.05) is 6.07 Å². The minimum Gasteiger partial charge on any atom is -0.324 e. The summed E-state index contributed by atoms with van der Waals surface area (Å²) in [5, 5.41) is 6.30. The standard InChI is InChI=1S/C18H9ClF10N2O7S3/c19-10-3-2-9(41(37,38)18(27,28)29)6-11(10)30-14(32)7-39(35)13-4-1-8(5-12(13)31(33)34)40(36)17(25,26)15(20,21)16(22,23)24/h1-6H,7H2,(H,30,32). The number of hydrogen-bond donors (Lipinski definition) is 1. The van der Waals surface area contributed by atoms with Crippen LogP contribution in [0.5, 0.6) is 0 Å². The average molecular weight is 687 g/mol. The molecule has 0 fully saturated rings. The van der Waals surface area contributed by atoms with Gasteiger partial charge in [0.25, 0.3) is 15.5 Å². The minimum atomic E-state index is -6.87. The van der Waals surface area contributed by atoms with Crippen molar-refractivity contribution in [3.8, 4) is 0 Å². The Morgan fingerprint density at radius 1 is 0.951 bits per heavy atom. The first-order valence-corrected chi connectivity index (χ1v) is 14.0. The van der Waals surface area contributed by atoms with Gasteiger partial charge in [0.2, 0.25) is 5.91 Å². The lowest BCUT2D eigenvalue weighted by atomic mass is 10.3. The van der Waals surface area contributed by atoms with Gasteiger partial charge < -0.3 is 5.32 Å². The number of nitrogens with one attached hydrogen (secondary N) is 1. The van der Waals surface area contributed by atoms with Crippen molar-refractivity contribution in [2.45, 2.75) is 37.5 Å². The van der Waals surface area contributed by atoms with Crippen molar-refractivity contribution in [3.05, 3.63) is 51.5 Å². The number of carbonyl (C=O) groups is 1. The van der Waals surface area contributed by atoms with Crippen molar-refractivity contribution < 1.29 is 70.5 Å². The van der Waals surface area contributed by atoms with Crippen molar-refractivity contribution in [1.82, 2.24) is 0 Å². The molecule has 1 amide bonds. The third-order valence-corrected chi connectivity index (χ3v) is 9.21. The third kappa shape index (κ3) is 6.80. The van der Waals surface area contributed by atoms with E-state index >= 15 is 0 Å². The lowest BCUT2D eigenvalue weighted by molar-refractivity contribution is -0.388. The molecule has 2 aromatic rings. The molecule has 41 heavy (non-hydrogen) atoms. The van der Waals surface area contributed by atoms with E-state index in [1.54, 1.807) is 5.32 Å². The molecule has 0 aliphatic heterocycles. The summed E-state index contributed by atoms with van der Waals surface area (Å²) in [6.45, 7) is 0. The molecule has 0 aromatic heterocycles. The summed E-state index contributed by atoms with van der Waals surface area (Å²) >= 11 is 5.70. The first-order chi connectivity index (χ1) is 18.4. The Kier molecular flexibility index (Phi) is 9.58. The maximum atomic E-state index is 13.8. The van der Waals surface area contributed by atoms with Gasteiger partial charge in [-0.25, -0.2) is 12.6 Å². The largest absolute Gasteiger partial charge is 0.501 e. The van der Waals surface area contributed by atoms with Crippen LogP contribution in [0.1, 0.15) is 0 Å². The Hall–Kier alpha value is -2.85. The maximum absolute atomic E-state index is 13.8. The Morgan fingerprint density at radius 2 is 1.51 bits per heavy atom. The van der Waals surface area contributed by atoms with Crippen LogP contribution in [0.2, 0.25) is 5.02 Å². The van der Waals surface area contributed by atoms with E-state index in [0.717, 1.165) is 0 Å². The highest BCUT2D eigenvalue weighted by Gasteiger charge is 2.76.